The standard InChI is InChI=1S/C14H19N3OS/c1-18-9-6-7-10-12(8-9)17(14(15)16-10)11-4-3-5-13(11)19-2/h6-8,11,13H,3-5H2,1-2H3,(H2,15,16). The number of fused-ring (bicyclic) bond motifs is 1. The molecule has 0 saturated heterocycles. The van der Waals surface area contributed by atoms with E-state index in [4.69, 9.17) is 10.5 Å². The quantitative estimate of drug-likeness (QED) is 0.936. The first kappa shape index (κ1) is 12.7. The lowest BCUT2D eigenvalue weighted by Gasteiger charge is -2.21. The van der Waals surface area contributed by atoms with E-state index in [9.17, 15) is 0 Å². The van der Waals surface area contributed by atoms with Crippen LogP contribution in [-0.4, -0.2) is 28.2 Å². The molecular formula is C14H19N3OS. The Morgan fingerprint density at radius 1 is 1.42 bits per heavy atom. The largest absolute Gasteiger partial charge is 0.497 e. The normalized spacial score (nSPS) is 23.1. The van der Waals surface area contributed by atoms with Crippen molar-refractivity contribution in [2.24, 2.45) is 0 Å². The van der Waals surface area contributed by atoms with Crippen LogP contribution in [0.4, 0.5) is 5.95 Å². The van der Waals surface area contributed by atoms with Gasteiger partial charge < -0.3 is 15.0 Å². The van der Waals surface area contributed by atoms with Gasteiger partial charge in [-0.1, -0.05) is 6.42 Å². The van der Waals surface area contributed by atoms with Gasteiger partial charge in [0.25, 0.3) is 0 Å². The van der Waals surface area contributed by atoms with Gasteiger partial charge in [-0.25, -0.2) is 4.98 Å². The molecule has 0 aliphatic heterocycles. The van der Waals surface area contributed by atoms with Gasteiger partial charge >= 0.3 is 0 Å². The first-order valence-corrected chi connectivity index (χ1v) is 7.87. The maximum absolute atomic E-state index is 6.14. The van der Waals surface area contributed by atoms with Crippen LogP contribution in [-0.2, 0) is 0 Å². The molecule has 0 bridgehead atoms. The topological polar surface area (TPSA) is 53.1 Å². The van der Waals surface area contributed by atoms with Gasteiger partial charge in [0.05, 0.1) is 18.1 Å². The average molecular weight is 277 g/mol. The summed E-state index contributed by atoms with van der Waals surface area (Å²) >= 11 is 1.93. The molecule has 1 saturated carbocycles. The molecule has 1 aliphatic carbocycles. The fourth-order valence-electron chi connectivity index (χ4n) is 3.04. The highest BCUT2D eigenvalue weighted by atomic mass is 32.2. The van der Waals surface area contributed by atoms with E-state index in [0.717, 1.165) is 16.8 Å². The van der Waals surface area contributed by atoms with Gasteiger partial charge in [0.15, 0.2) is 0 Å². The number of hydrogen-bond donors (Lipinski definition) is 1. The number of hydrogen-bond acceptors (Lipinski definition) is 4. The van der Waals surface area contributed by atoms with Crippen LogP contribution >= 0.6 is 11.8 Å². The summed E-state index contributed by atoms with van der Waals surface area (Å²) in [7, 11) is 1.69. The second kappa shape index (κ2) is 4.96. The van der Waals surface area contributed by atoms with Crippen molar-refractivity contribution in [2.75, 3.05) is 19.1 Å². The Bertz CT molecular complexity index is 596. The number of imidazole rings is 1. The third kappa shape index (κ3) is 2.06. The van der Waals surface area contributed by atoms with Crippen molar-refractivity contribution in [2.45, 2.75) is 30.6 Å². The maximum Gasteiger partial charge on any atom is 0.201 e. The number of rotatable bonds is 3. The molecule has 19 heavy (non-hydrogen) atoms. The summed E-state index contributed by atoms with van der Waals surface area (Å²) in [4.78, 5) is 4.48. The van der Waals surface area contributed by atoms with Crippen LogP contribution in [0.15, 0.2) is 18.2 Å². The molecule has 3 rings (SSSR count). The zero-order valence-corrected chi connectivity index (χ0v) is 12.1. The Morgan fingerprint density at radius 2 is 2.26 bits per heavy atom. The van der Waals surface area contributed by atoms with Crippen LogP contribution in [0.2, 0.25) is 0 Å². The molecule has 0 amide bonds. The molecule has 1 fully saturated rings. The number of thioether (sulfide) groups is 1. The molecule has 2 N–H and O–H groups in total. The van der Waals surface area contributed by atoms with Crippen LogP contribution < -0.4 is 10.5 Å². The highest BCUT2D eigenvalue weighted by Gasteiger charge is 2.30. The number of benzene rings is 1. The molecule has 1 heterocycles. The molecule has 2 atom stereocenters. The summed E-state index contributed by atoms with van der Waals surface area (Å²) in [5, 5.41) is 0.630. The van der Waals surface area contributed by atoms with Crippen molar-refractivity contribution in [3.63, 3.8) is 0 Å². The van der Waals surface area contributed by atoms with Gasteiger partial charge in [0.2, 0.25) is 5.95 Å². The second-order valence-corrected chi connectivity index (χ2v) is 6.04. The minimum atomic E-state index is 0.451. The van der Waals surface area contributed by atoms with Crippen molar-refractivity contribution in [3.8, 4) is 5.75 Å². The Hall–Kier alpha value is -1.36. The molecule has 5 heteroatoms. The summed E-state index contributed by atoms with van der Waals surface area (Å²) < 4.78 is 7.52. The molecule has 0 radical (unpaired) electrons. The average Bonchev–Trinajstić information content (AvgIpc) is 3.00. The molecule has 2 unspecified atom stereocenters. The lowest BCUT2D eigenvalue weighted by atomic mass is 10.2. The Labute approximate surface area is 117 Å². The van der Waals surface area contributed by atoms with E-state index >= 15 is 0 Å². The summed E-state index contributed by atoms with van der Waals surface area (Å²) in [6, 6.07) is 6.39. The van der Waals surface area contributed by atoms with Gasteiger partial charge in [-0.2, -0.15) is 11.8 Å². The Kier molecular flexibility index (Phi) is 3.31. The van der Waals surface area contributed by atoms with Crippen LogP contribution in [0.5, 0.6) is 5.75 Å². The van der Waals surface area contributed by atoms with E-state index in [1.54, 1.807) is 7.11 Å². The van der Waals surface area contributed by atoms with E-state index in [-0.39, 0.29) is 0 Å². The molecular weight excluding hydrogens is 258 g/mol. The Morgan fingerprint density at radius 3 is 3.00 bits per heavy atom. The molecule has 4 nitrogen and oxygen atoms in total. The van der Waals surface area contributed by atoms with Crippen LogP contribution in [0.1, 0.15) is 25.3 Å². The first-order chi connectivity index (χ1) is 9.24. The maximum atomic E-state index is 6.14. The molecule has 102 valence electrons. The number of methoxy groups -OCH3 is 1. The third-order valence-corrected chi connectivity index (χ3v) is 5.13. The Balaban J connectivity index is 2.13. The SMILES string of the molecule is COc1ccc2nc(N)n(C3CCCC3SC)c2c1. The van der Waals surface area contributed by atoms with E-state index in [2.05, 4.69) is 15.8 Å². The highest BCUT2D eigenvalue weighted by molar-refractivity contribution is 7.99. The van der Waals surface area contributed by atoms with Gasteiger partial charge in [-0.15, -0.1) is 0 Å². The predicted molar refractivity (Wildman–Crippen MR) is 80.9 cm³/mol. The summed E-state index contributed by atoms with van der Waals surface area (Å²) in [6.07, 6.45) is 5.88. The molecule has 1 aromatic heterocycles. The van der Waals surface area contributed by atoms with Crippen LogP contribution in [0.25, 0.3) is 11.0 Å². The van der Waals surface area contributed by atoms with Gasteiger partial charge in [0, 0.05) is 17.4 Å². The van der Waals surface area contributed by atoms with E-state index in [1.807, 2.05) is 30.0 Å². The molecule has 1 aliphatic rings. The number of nitrogens with two attached hydrogens (primary N) is 1. The fourth-order valence-corrected chi connectivity index (χ4v) is 4.02. The lowest BCUT2D eigenvalue weighted by Crippen LogP contribution is -2.17. The monoisotopic (exact) mass is 277 g/mol. The number of nitrogens with zero attached hydrogens (tertiary/aromatic N) is 2. The fraction of sp³-hybridized carbons (Fsp3) is 0.500. The number of anilines is 1. The van der Waals surface area contributed by atoms with Crippen molar-refractivity contribution >= 4 is 28.7 Å². The lowest BCUT2D eigenvalue weighted by molar-refractivity contribution is 0.415. The van der Waals surface area contributed by atoms with E-state index in [1.165, 1.54) is 19.3 Å². The van der Waals surface area contributed by atoms with Crippen molar-refractivity contribution in [3.05, 3.63) is 18.2 Å². The van der Waals surface area contributed by atoms with Gasteiger partial charge in [0.1, 0.15) is 5.75 Å². The van der Waals surface area contributed by atoms with Crippen molar-refractivity contribution < 1.29 is 4.74 Å². The first-order valence-electron chi connectivity index (χ1n) is 6.59. The number of nitrogen functional groups attached to an aromatic ring is 1. The zero-order valence-electron chi connectivity index (χ0n) is 11.3. The van der Waals surface area contributed by atoms with E-state index < -0.39 is 0 Å². The van der Waals surface area contributed by atoms with Crippen LogP contribution in [0.3, 0.4) is 0 Å². The molecule has 1 aromatic carbocycles. The predicted octanol–water partition coefficient (Wildman–Crippen LogP) is 3.08. The highest BCUT2D eigenvalue weighted by Crippen LogP contribution is 2.40. The summed E-state index contributed by atoms with van der Waals surface area (Å²) in [5.41, 5.74) is 8.18. The number of aromatic nitrogens is 2. The van der Waals surface area contributed by atoms with Crippen LogP contribution in [0, 0.1) is 0 Å². The molecule has 0 spiro atoms. The van der Waals surface area contributed by atoms with Gasteiger partial charge in [-0.05, 0) is 31.2 Å². The smallest absolute Gasteiger partial charge is 0.201 e. The van der Waals surface area contributed by atoms with Crippen molar-refractivity contribution in [1.29, 1.82) is 0 Å². The minimum Gasteiger partial charge on any atom is -0.497 e. The minimum absolute atomic E-state index is 0.451. The van der Waals surface area contributed by atoms with Crippen molar-refractivity contribution in [1.82, 2.24) is 9.55 Å². The van der Waals surface area contributed by atoms with E-state index in [0.29, 0.717) is 17.2 Å². The summed E-state index contributed by atoms with van der Waals surface area (Å²) in [5.74, 6) is 1.47. The zero-order chi connectivity index (χ0) is 13.4. The van der Waals surface area contributed by atoms with Gasteiger partial charge in [-0.3, -0.25) is 0 Å². The second-order valence-electron chi connectivity index (χ2n) is 4.97. The number of ether oxygens (including phenoxy) is 1. The third-order valence-electron chi connectivity index (χ3n) is 3.98. The molecule has 2 aromatic rings. The summed E-state index contributed by atoms with van der Waals surface area (Å²) in [6.45, 7) is 0.